The maximum absolute atomic E-state index is 5.53. The van der Waals surface area contributed by atoms with Crippen LogP contribution in [-0.4, -0.2) is 23.6 Å². The summed E-state index contributed by atoms with van der Waals surface area (Å²) in [5, 5.41) is 1.02. The minimum absolute atomic E-state index is 0.587. The van der Waals surface area contributed by atoms with E-state index < -0.39 is 0 Å². The van der Waals surface area contributed by atoms with Crippen molar-refractivity contribution in [3.63, 3.8) is 0 Å². The average molecular weight is 203 g/mol. The predicted octanol–water partition coefficient (Wildman–Crippen LogP) is 1.14. The van der Waals surface area contributed by atoms with Crippen LogP contribution >= 0.6 is 0 Å². The van der Waals surface area contributed by atoms with Gasteiger partial charge in [-0.15, -0.1) is 0 Å². The van der Waals surface area contributed by atoms with Crippen LogP contribution < -0.4 is 10.5 Å². The molecule has 78 valence electrons. The Morgan fingerprint density at radius 3 is 2.93 bits per heavy atom. The fourth-order valence-electron chi connectivity index (χ4n) is 1.61. The molecule has 4 nitrogen and oxygen atoms in total. The molecule has 1 aromatic heterocycles. The van der Waals surface area contributed by atoms with Crippen LogP contribution in [0, 0.1) is 0 Å². The largest absolute Gasteiger partial charge is 0.494 e. The lowest BCUT2D eigenvalue weighted by atomic mass is 10.1. The molecule has 0 radical (unpaired) electrons. The number of hydrogen-bond acceptors (Lipinski definition) is 4. The lowest BCUT2D eigenvalue weighted by molar-refractivity contribution is 0.419. The summed E-state index contributed by atoms with van der Waals surface area (Å²) in [6.07, 6.45) is 2.31. The standard InChI is InChI=1S/C11H13N3O/c1-15-10-4-2-3-8-9(5-6-12)13-7-14-11(8)10/h2-4,7H,5-6,12H2,1H3. The molecule has 1 heterocycles. The van der Waals surface area contributed by atoms with E-state index in [0.29, 0.717) is 6.54 Å². The summed E-state index contributed by atoms with van der Waals surface area (Å²) in [4.78, 5) is 8.44. The monoisotopic (exact) mass is 203 g/mol. The molecule has 4 heteroatoms. The smallest absolute Gasteiger partial charge is 0.145 e. The van der Waals surface area contributed by atoms with Crippen molar-refractivity contribution in [1.82, 2.24) is 9.97 Å². The van der Waals surface area contributed by atoms with Gasteiger partial charge in [0.25, 0.3) is 0 Å². The molecule has 0 fully saturated rings. The second kappa shape index (κ2) is 4.23. The van der Waals surface area contributed by atoms with Crippen LogP contribution in [-0.2, 0) is 6.42 Å². The van der Waals surface area contributed by atoms with Crippen molar-refractivity contribution < 1.29 is 4.74 Å². The predicted molar refractivity (Wildman–Crippen MR) is 58.8 cm³/mol. The molecule has 0 unspecified atom stereocenters. The third kappa shape index (κ3) is 1.76. The molecular formula is C11H13N3O. The molecule has 1 aromatic carbocycles. The van der Waals surface area contributed by atoms with Crippen molar-refractivity contribution in [2.24, 2.45) is 5.73 Å². The summed E-state index contributed by atoms with van der Waals surface area (Å²) >= 11 is 0. The van der Waals surface area contributed by atoms with Crippen molar-refractivity contribution in [3.05, 3.63) is 30.2 Å². The Labute approximate surface area is 88.1 Å². The Morgan fingerprint density at radius 1 is 1.33 bits per heavy atom. The van der Waals surface area contributed by atoms with Crippen LogP contribution in [0.3, 0.4) is 0 Å². The zero-order chi connectivity index (χ0) is 10.7. The third-order valence-corrected chi connectivity index (χ3v) is 2.31. The number of nitrogens with zero attached hydrogens (tertiary/aromatic N) is 2. The molecule has 2 N–H and O–H groups in total. The van der Waals surface area contributed by atoms with Crippen LogP contribution in [0.15, 0.2) is 24.5 Å². The molecule has 0 saturated heterocycles. The van der Waals surface area contributed by atoms with E-state index in [0.717, 1.165) is 28.8 Å². The quantitative estimate of drug-likeness (QED) is 0.812. The van der Waals surface area contributed by atoms with E-state index in [1.165, 1.54) is 0 Å². The molecule has 0 aliphatic carbocycles. The van der Waals surface area contributed by atoms with Gasteiger partial charge in [0.05, 0.1) is 12.8 Å². The molecule has 0 bridgehead atoms. The molecule has 0 spiro atoms. The maximum Gasteiger partial charge on any atom is 0.145 e. The lowest BCUT2D eigenvalue weighted by Crippen LogP contribution is -2.05. The van der Waals surface area contributed by atoms with E-state index in [-0.39, 0.29) is 0 Å². The van der Waals surface area contributed by atoms with Crippen LogP contribution in [0.1, 0.15) is 5.69 Å². The highest BCUT2D eigenvalue weighted by atomic mass is 16.5. The number of aromatic nitrogens is 2. The van der Waals surface area contributed by atoms with Gasteiger partial charge in [-0.05, 0) is 12.6 Å². The highest BCUT2D eigenvalue weighted by Crippen LogP contribution is 2.24. The van der Waals surface area contributed by atoms with Crippen molar-refractivity contribution >= 4 is 10.9 Å². The first kappa shape index (κ1) is 9.86. The van der Waals surface area contributed by atoms with Gasteiger partial charge in [0.15, 0.2) is 0 Å². The number of ether oxygens (including phenoxy) is 1. The van der Waals surface area contributed by atoms with E-state index in [1.807, 2.05) is 18.2 Å². The Morgan fingerprint density at radius 2 is 2.20 bits per heavy atom. The first-order chi connectivity index (χ1) is 7.36. The number of methoxy groups -OCH3 is 1. The molecule has 2 rings (SSSR count). The number of benzene rings is 1. The number of rotatable bonds is 3. The van der Waals surface area contributed by atoms with E-state index in [2.05, 4.69) is 9.97 Å². The average Bonchev–Trinajstić information content (AvgIpc) is 2.29. The summed E-state index contributed by atoms with van der Waals surface area (Å²) in [6.45, 7) is 0.587. The van der Waals surface area contributed by atoms with Gasteiger partial charge in [0.2, 0.25) is 0 Å². The molecule has 0 amide bonds. The van der Waals surface area contributed by atoms with Crippen molar-refractivity contribution in [2.75, 3.05) is 13.7 Å². The molecule has 0 atom stereocenters. The number of nitrogens with two attached hydrogens (primary N) is 1. The Kier molecular flexibility index (Phi) is 2.78. The minimum Gasteiger partial charge on any atom is -0.494 e. The Bertz CT molecular complexity index is 470. The Balaban J connectivity index is 2.65. The van der Waals surface area contributed by atoms with E-state index in [4.69, 9.17) is 10.5 Å². The zero-order valence-corrected chi connectivity index (χ0v) is 8.60. The molecule has 0 aliphatic heterocycles. The zero-order valence-electron chi connectivity index (χ0n) is 8.60. The topological polar surface area (TPSA) is 61.0 Å². The minimum atomic E-state index is 0.587. The summed E-state index contributed by atoms with van der Waals surface area (Å²) < 4.78 is 5.24. The summed E-state index contributed by atoms with van der Waals surface area (Å²) in [5.74, 6) is 0.771. The summed E-state index contributed by atoms with van der Waals surface area (Å²) in [6, 6.07) is 5.81. The van der Waals surface area contributed by atoms with E-state index in [9.17, 15) is 0 Å². The van der Waals surface area contributed by atoms with Gasteiger partial charge in [-0.25, -0.2) is 9.97 Å². The first-order valence-corrected chi connectivity index (χ1v) is 4.83. The Hall–Kier alpha value is -1.68. The SMILES string of the molecule is COc1cccc2c(CCN)ncnc12. The van der Waals surface area contributed by atoms with Crippen molar-refractivity contribution in [3.8, 4) is 5.75 Å². The summed E-state index contributed by atoms with van der Waals surface area (Å²) in [5.41, 5.74) is 7.35. The molecular weight excluding hydrogens is 190 g/mol. The first-order valence-electron chi connectivity index (χ1n) is 4.83. The van der Waals surface area contributed by atoms with Crippen LogP contribution in [0.25, 0.3) is 10.9 Å². The maximum atomic E-state index is 5.53. The van der Waals surface area contributed by atoms with E-state index >= 15 is 0 Å². The number of fused-ring (bicyclic) bond motifs is 1. The molecule has 15 heavy (non-hydrogen) atoms. The molecule has 0 saturated carbocycles. The fraction of sp³-hybridized carbons (Fsp3) is 0.273. The normalized spacial score (nSPS) is 10.5. The van der Waals surface area contributed by atoms with Gasteiger partial charge in [-0.1, -0.05) is 12.1 Å². The third-order valence-electron chi connectivity index (χ3n) is 2.31. The molecule has 2 aromatic rings. The van der Waals surface area contributed by atoms with Gasteiger partial charge < -0.3 is 10.5 Å². The number of para-hydroxylation sites is 1. The van der Waals surface area contributed by atoms with Gasteiger partial charge in [0.1, 0.15) is 17.6 Å². The lowest BCUT2D eigenvalue weighted by Gasteiger charge is -2.06. The second-order valence-electron chi connectivity index (χ2n) is 3.22. The van der Waals surface area contributed by atoms with Crippen molar-refractivity contribution in [2.45, 2.75) is 6.42 Å². The second-order valence-corrected chi connectivity index (χ2v) is 3.22. The van der Waals surface area contributed by atoms with Gasteiger partial charge in [-0.2, -0.15) is 0 Å². The highest BCUT2D eigenvalue weighted by molar-refractivity contribution is 5.86. The summed E-state index contributed by atoms with van der Waals surface area (Å²) in [7, 11) is 1.64. The van der Waals surface area contributed by atoms with Gasteiger partial charge in [0, 0.05) is 11.8 Å². The van der Waals surface area contributed by atoms with Crippen LogP contribution in [0.5, 0.6) is 5.75 Å². The highest BCUT2D eigenvalue weighted by Gasteiger charge is 2.06. The number of hydrogen-bond donors (Lipinski definition) is 1. The van der Waals surface area contributed by atoms with Crippen molar-refractivity contribution in [1.29, 1.82) is 0 Å². The van der Waals surface area contributed by atoms with Gasteiger partial charge in [-0.3, -0.25) is 0 Å². The van der Waals surface area contributed by atoms with Gasteiger partial charge >= 0.3 is 0 Å². The van der Waals surface area contributed by atoms with Crippen LogP contribution in [0.2, 0.25) is 0 Å². The van der Waals surface area contributed by atoms with E-state index in [1.54, 1.807) is 13.4 Å². The fourth-order valence-corrected chi connectivity index (χ4v) is 1.61. The molecule has 0 aliphatic rings. The van der Waals surface area contributed by atoms with Crippen LogP contribution in [0.4, 0.5) is 0 Å².